The molecule has 0 fully saturated rings. The number of H-pyrrole nitrogens is 1. The minimum atomic E-state index is -0.381. The molecule has 1 heterocycles. The number of pyridine rings is 1. The molecule has 2 amide bonds. The van der Waals surface area contributed by atoms with Crippen LogP contribution >= 0.6 is 0 Å². The molecule has 0 unspecified atom stereocenters. The number of rotatable bonds is 8. The van der Waals surface area contributed by atoms with Crippen molar-refractivity contribution in [2.24, 2.45) is 0 Å². The summed E-state index contributed by atoms with van der Waals surface area (Å²) in [6.45, 7) is 7.46. The minimum absolute atomic E-state index is 0.152. The first-order chi connectivity index (χ1) is 14.5. The van der Waals surface area contributed by atoms with Gasteiger partial charge in [0, 0.05) is 41.3 Å². The molecule has 0 atom stereocenters. The molecule has 2 aromatic carbocycles. The summed E-state index contributed by atoms with van der Waals surface area (Å²) in [6, 6.07) is 15.1. The number of anilines is 1. The fourth-order valence-electron chi connectivity index (χ4n) is 3.27. The molecule has 30 heavy (non-hydrogen) atoms. The summed E-state index contributed by atoms with van der Waals surface area (Å²) in [5.74, 6) is -0.533. The first-order valence-electron chi connectivity index (χ1n) is 10.1. The monoisotopic (exact) mass is 406 g/mol. The van der Waals surface area contributed by atoms with Crippen LogP contribution in [0.4, 0.5) is 5.69 Å². The number of para-hydroxylation sites is 1. The first-order valence-corrected chi connectivity index (χ1v) is 10.1. The highest BCUT2D eigenvalue weighted by Crippen LogP contribution is 2.17. The lowest BCUT2D eigenvalue weighted by atomic mass is 10.1. The molecule has 0 bridgehead atoms. The maximum absolute atomic E-state index is 12.7. The molecule has 0 saturated heterocycles. The van der Waals surface area contributed by atoms with Crippen molar-refractivity contribution in [2.75, 3.05) is 31.5 Å². The second kappa shape index (κ2) is 9.84. The molecule has 1 aromatic heterocycles. The minimum Gasteiger partial charge on any atom is -0.351 e. The van der Waals surface area contributed by atoms with E-state index < -0.39 is 0 Å². The van der Waals surface area contributed by atoms with Gasteiger partial charge in [0.2, 0.25) is 5.56 Å². The Bertz CT molecular complexity index is 1090. The normalized spacial score (nSPS) is 10.9. The Hall–Kier alpha value is -3.45. The summed E-state index contributed by atoms with van der Waals surface area (Å²) in [5, 5.41) is 6.36. The van der Waals surface area contributed by atoms with Crippen LogP contribution in [0.5, 0.6) is 0 Å². The molecule has 7 heteroatoms. The molecule has 156 valence electrons. The van der Waals surface area contributed by atoms with Gasteiger partial charge in [-0.1, -0.05) is 32.0 Å². The third kappa shape index (κ3) is 5.12. The molecule has 0 saturated carbocycles. The van der Waals surface area contributed by atoms with E-state index in [0.717, 1.165) is 19.6 Å². The van der Waals surface area contributed by atoms with Crippen molar-refractivity contribution < 1.29 is 9.59 Å². The third-order valence-electron chi connectivity index (χ3n) is 5.01. The molecular formula is C23H26N4O3. The van der Waals surface area contributed by atoms with Gasteiger partial charge < -0.3 is 20.5 Å². The Morgan fingerprint density at radius 1 is 0.967 bits per heavy atom. The number of likely N-dealkylation sites (N-methyl/N-ethyl adjacent to an activating group) is 1. The van der Waals surface area contributed by atoms with Gasteiger partial charge in [0.15, 0.2) is 0 Å². The number of hydrogen-bond donors (Lipinski definition) is 3. The van der Waals surface area contributed by atoms with E-state index in [0.29, 0.717) is 34.3 Å². The van der Waals surface area contributed by atoms with Crippen LogP contribution in [0.3, 0.4) is 0 Å². The van der Waals surface area contributed by atoms with Crippen LogP contribution in [0.2, 0.25) is 0 Å². The number of amides is 2. The van der Waals surface area contributed by atoms with Crippen LogP contribution in [-0.4, -0.2) is 47.9 Å². The van der Waals surface area contributed by atoms with Crippen molar-refractivity contribution >= 4 is 28.4 Å². The summed E-state index contributed by atoms with van der Waals surface area (Å²) in [4.78, 5) is 41.8. The number of aromatic nitrogens is 1. The van der Waals surface area contributed by atoms with E-state index in [4.69, 9.17) is 0 Å². The lowest BCUT2D eigenvalue weighted by molar-refractivity contribution is 0.0948. The van der Waals surface area contributed by atoms with E-state index in [9.17, 15) is 14.4 Å². The fraction of sp³-hybridized carbons (Fsp3) is 0.261. The van der Waals surface area contributed by atoms with Gasteiger partial charge in [0.05, 0.1) is 5.56 Å². The molecule has 0 aliphatic heterocycles. The molecule has 3 N–H and O–H groups in total. The smallest absolute Gasteiger partial charge is 0.256 e. The largest absolute Gasteiger partial charge is 0.351 e. The number of aromatic amines is 1. The molecule has 0 aliphatic carbocycles. The molecule has 3 rings (SSSR count). The average Bonchev–Trinajstić information content (AvgIpc) is 2.76. The number of carbonyl (C=O) groups is 2. The Morgan fingerprint density at radius 2 is 1.67 bits per heavy atom. The maximum atomic E-state index is 12.7. The summed E-state index contributed by atoms with van der Waals surface area (Å²) in [7, 11) is 0. The second-order valence-electron chi connectivity index (χ2n) is 6.91. The van der Waals surface area contributed by atoms with Crippen molar-refractivity contribution in [1.29, 1.82) is 0 Å². The van der Waals surface area contributed by atoms with Crippen LogP contribution in [0, 0.1) is 0 Å². The highest BCUT2D eigenvalue weighted by Gasteiger charge is 2.12. The predicted molar refractivity (Wildman–Crippen MR) is 119 cm³/mol. The van der Waals surface area contributed by atoms with E-state index in [1.807, 2.05) is 6.07 Å². The van der Waals surface area contributed by atoms with Gasteiger partial charge in [0.25, 0.3) is 11.8 Å². The van der Waals surface area contributed by atoms with Crippen molar-refractivity contribution in [3.05, 3.63) is 76.1 Å². The summed E-state index contributed by atoms with van der Waals surface area (Å²) in [5.41, 5.74) is 1.63. The number of hydrogen-bond acceptors (Lipinski definition) is 4. The standard InChI is InChI=1S/C23H26N4O3/c1-3-27(4-2)14-13-24-22(29)16-9-11-17(12-10-16)25-23(30)19-15-21(28)26-20-8-6-5-7-18(19)20/h5-12,15H,3-4,13-14H2,1-2H3,(H,24,29)(H,25,30)(H,26,28). The summed E-state index contributed by atoms with van der Waals surface area (Å²) < 4.78 is 0. The van der Waals surface area contributed by atoms with Crippen LogP contribution in [0.25, 0.3) is 10.9 Å². The number of nitrogens with one attached hydrogen (secondary N) is 3. The second-order valence-corrected chi connectivity index (χ2v) is 6.91. The van der Waals surface area contributed by atoms with Gasteiger partial charge >= 0.3 is 0 Å². The van der Waals surface area contributed by atoms with Gasteiger partial charge in [-0.2, -0.15) is 0 Å². The molecule has 0 aliphatic rings. The van der Waals surface area contributed by atoms with E-state index in [-0.39, 0.29) is 17.4 Å². The highest BCUT2D eigenvalue weighted by atomic mass is 16.2. The van der Waals surface area contributed by atoms with E-state index in [1.54, 1.807) is 42.5 Å². The number of carbonyl (C=O) groups excluding carboxylic acids is 2. The van der Waals surface area contributed by atoms with Crippen LogP contribution < -0.4 is 16.2 Å². The predicted octanol–water partition coefficient (Wildman–Crippen LogP) is 2.85. The quantitative estimate of drug-likeness (QED) is 0.536. The molecule has 0 spiro atoms. The lowest BCUT2D eigenvalue weighted by Gasteiger charge is -2.18. The first kappa shape index (κ1) is 21.3. The Morgan fingerprint density at radius 3 is 2.37 bits per heavy atom. The SMILES string of the molecule is CCN(CC)CCNC(=O)c1ccc(NC(=O)c2cc(=O)[nH]c3ccccc23)cc1. The van der Waals surface area contributed by atoms with Crippen molar-refractivity contribution in [3.63, 3.8) is 0 Å². The van der Waals surface area contributed by atoms with Gasteiger partial charge in [-0.05, 0) is 43.4 Å². The number of fused-ring (bicyclic) bond motifs is 1. The molecular weight excluding hydrogens is 380 g/mol. The Kier molecular flexibility index (Phi) is 6.98. The highest BCUT2D eigenvalue weighted by molar-refractivity contribution is 6.12. The van der Waals surface area contributed by atoms with Gasteiger partial charge in [-0.25, -0.2) is 0 Å². The zero-order valence-corrected chi connectivity index (χ0v) is 17.2. The third-order valence-corrected chi connectivity index (χ3v) is 5.01. The fourth-order valence-corrected chi connectivity index (χ4v) is 3.27. The van der Waals surface area contributed by atoms with Crippen LogP contribution in [-0.2, 0) is 0 Å². The Labute approximate surface area is 175 Å². The van der Waals surface area contributed by atoms with E-state index in [1.165, 1.54) is 6.07 Å². The van der Waals surface area contributed by atoms with Gasteiger partial charge in [0.1, 0.15) is 0 Å². The van der Waals surface area contributed by atoms with Crippen molar-refractivity contribution in [3.8, 4) is 0 Å². The van der Waals surface area contributed by atoms with E-state index in [2.05, 4.69) is 34.4 Å². The molecule has 3 aromatic rings. The van der Waals surface area contributed by atoms with Gasteiger partial charge in [-0.3, -0.25) is 14.4 Å². The Balaban J connectivity index is 1.65. The molecule has 7 nitrogen and oxygen atoms in total. The van der Waals surface area contributed by atoms with Gasteiger partial charge in [-0.15, -0.1) is 0 Å². The number of nitrogens with zero attached hydrogens (tertiary/aromatic N) is 1. The zero-order chi connectivity index (χ0) is 21.5. The number of benzene rings is 2. The van der Waals surface area contributed by atoms with Crippen LogP contribution in [0.15, 0.2) is 59.4 Å². The topological polar surface area (TPSA) is 94.3 Å². The van der Waals surface area contributed by atoms with Crippen molar-refractivity contribution in [2.45, 2.75) is 13.8 Å². The van der Waals surface area contributed by atoms with Crippen LogP contribution in [0.1, 0.15) is 34.6 Å². The molecule has 0 radical (unpaired) electrons. The maximum Gasteiger partial charge on any atom is 0.256 e. The summed E-state index contributed by atoms with van der Waals surface area (Å²) >= 11 is 0. The van der Waals surface area contributed by atoms with E-state index >= 15 is 0 Å². The van der Waals surface area contributed by atoms with Crippen molar-refractivity contribution in [1.82, 2.24) is 15.2 Å². The summed E-state index contributed by atoms with van der Waals surface area (Å²) in [6.07, 6.45) is 0. The average molecular weight is 406 g/mol. The zero-order valence-electron chi connectivity index (χ0n) is 17.2. The lowest BCUT2D eigenvalue weighted by Crippen LogP contribution is -2.34.